The lowest BCUT2D eigenvalue weighted by atomic mass is 9.80. The van der Waals surface area contributed by atoms with Crippen molar-refractivity contribution in [2.45, 2.75) is 57.9 Å². The van der Waals surface area contributed by atoms with Crippen LogP contribution in [0.1, 0.15) is 63.1 Å². The molecule has 0 aromatic heterocycles. The van der Waals surface area contributed by atoms with Crippen molar-refractivity contribution < 1.29 is 0 Å². The molecule has 2 atom stereocenters. The second-order valence-electron chi connectivity index (χ2n) is 13.1. The summed E-state index contributed by atoms with van der Waals surface area (Å²) in [5, 5.41) is 6.22. The van der Waals surface area contributed by atoms with Crippen molar-refractivity contribution in [3.63, 3.8) is 0 Å². The van der Waals surface area contributed by atoms with Gasteiger partial charge in [-0.1, -0.05) is 118 Å². The molecule has 3 heteroatoms. The SMILES string of the molecule is C=CC1=NC2CC(N(C)c3c(Nc4ccc(C(C)(C)C)cc4)ccc4ccccc34)=C(CC(=C)/C=C\C)C2c2ccccc21. The first-order valence-electron chi connectivity index (χ1n) is 15.6. The van der Waals surface area contributed by atoms with Crippen molar-refractivity contribution in [2.24, 2.45) is 4.99 Å². The molecule has 222 valence electrons. The number of benzene rings is 4. The van der Waals surface area contributed by atoms with Crippen molar-refractivity contribution in [1.82, 2.24) is 0 Å². The fraction of sp³-hybridized carbons (Fsp3) is 0.244. The van der Waals surface area contributed by atoms with Crippen molar-refractivity contribution in [3.8, 4) is 0 Å². The molecule has 0 spiro atoms. The molecule has 1 N–H and O–H groups in total. The topological polar surface area (TPSA) is 27.6 Å². The molecule has 0 bridgehead atoms. The van der Waals surface area contributed by atoms with Crippen molar-refractivity contribution >= 4 is 33.5 Å². The van der Waals surface area contributed by atoms with Crippen LogP contribution in [0.3, 0.4) is 0 Å². The number of rotatable bonds is 8. The average Bonchev–Trinajstić information content (AvgIpc) is 3.38. The van der Waals surface area contributed by atoms with Crippen LogP contribution in [0.4, 0.5) is 17.1 Å². The number of anilines is 3. The normalized spacial score (nSPS) is 17.8. The van der Waals surface area contributed by atoms with Gasteiger partial charge in [-0.05, 0) is 65.1 Å². The Morgan fingerprint density at radius 2 is 1.70 bits per heavy atom. The fourth-order valence-corrected chi connectivity index (χ4v) is 6.95. The van der Waals surface area contributed by atoms with E-state index in [9.17, 15) is 0 Å². The molecule has 4 aromatic rings. The van der Waals surface area contributed by atoms with Crippen LogP contribution in [-0.2, 0) is 5.41 Å². The first-order valence-corrected chi connectivity index (χ1v) is 15.6. The highest BCUT2D eigenvalue weighted by atomic mass is 15.1. The lowest BCUT2D eigenvalue weighted by Crippen LogP contribution is -2.23. The summed E-state index contributed by atoms with van der Waals surface area (Å²) in [7, 11) is 2.23. The van der Waals surface area contributed by atoms with Gasteiger partial charge in [0.15, 0.2) is 0 Å². The summed E-state index contributed by atoms with van der Waals surface area (Å²) in [5.74, 6) is 0.200. The van der Waals surface area contributed by atoms with E-state index >= 15 is 0 Å². The minimum Gasteiger partial charge on any atom is -0.354 e. The van der Waals surface area contributed by atoms with Crippen LogP contribution >= 0.6 is 0 Å². The third-order valence-electron chi connectivity index (χ3n) is 9.09. The smallest absolute Gasteiger partial charge is 0.0724 e. The summed E-state index contributed by atoms with van der Waals surface area (Å²) in [4.78, 5) is 7.71. The van der Waals surface area contributed by atoms with E-state index in [1.165, 1.54) is 44.4 Å². The molecule has 0 saturated carbocycles. The van der Waals surface area contributed by atoms with E-state index in [4.69, 9.17) is 4.99 Å². The van der Waals surface area contributed by atoms with Gasteiger partial charge < -0.3 is 10.2 Å². The van der Waals surface area contributed by atoms with Gasteiger partial charge in [-0.15, -0.1) is 0 Å². The summed E-state index contributed by atoms with van der Waals surface area (Å²) in [6.07, 6.45) is 7.79. The lowest BCUT2D eigenvalue weighted by Gasteiger charge is -2.29. The molecule has 44 heavy (non-hydrogen) atoms. The number of fused-ring (bicyclic) bond motifs is 4. The van der Waals surface area contributed by atoms with Crippen LogP contribution in [-0.4, -0.2) is 18.8 Å². The molecule has 2 unspecified atom stereocenters. The summed E-state index contributed by atoms with van der Waals surface area (Å²) in [6.45, 7) is 17.4. The predicted molar refractivity (Wildman–Crippen MR) is 191 cm³/mol. The standard InChI is InChI=1S/C41H43N3/c1-8-14-27(3)25-34-38(26-37-39(34)33-18-13-12-17-32(33)35(9-2)43-37)44(7)40-31-16-11-10-15-28(31)19-24-36(40)42-30-22-20-29(21-23-30)41(4,5)6/h8-24,37,39,42H,2-3,25-26H2,1,4-7H3/b14-8-. The minimum absolute atomic E-state index is 0.110. The number of hydrogen-bond donors (Lipinski definition) is 1. The quantitative estimate of drug-likeness (QED) is 0.211. The maximum atomic E-state index is 5.28. The third kappa shape index (κ3) is 5.43. The highest BCUT2D eigenvalue weighted by Crippen LogP contribution is 2.50. The number of allylic oxidation sites excluding steroid dienone is 4. The van der Waals surface area contributed by atoms with E-state index in [0.29, 0.717) is 0 Å². The first kappa shape index (κ1) is 29.4. The van der Waals surface area contributed by atoms with Gasteiger partial charge in [0.2, 0.25) is 0 Å². The maximum Gasteiger partial charge on any atom is 0.0724 e. The van der Waals surface area contributed by atoms with E-state index in [1.54, 1.807) is 0 Å². The number of nitrogens with one attached hydrogen (secondary N) is 1. The Morgan fingerprint density at radius 3 is 2.43 bits per heavy atom. The first-order chi connectivity index (χ1) is 21.2. The molecule has 0 saturated heterocycles. The zero-order valence-electron chi connectivity index (χ0n) is 26.7. The molecule has 0 radical (unpaired) electrons. The van der Waals surface area contributed by atoms with E-state index in [2.05, 4.69) is 155 Å². The Bertz CT molecular complexity index is 1830. The van der Waals surface area contributed by atoms with Gasteiger partial charge >= 0.3 is 0 Å². The van der Waals surface area contributed by atoms with Gasteiger partial charge in [0.1, 0.15) is 0 Å². The fourth-order valence-electron chi connectivity index (χ4n) is 6.95. The van der Waals surface area contributed by atoms with Crippen LogP contribution in [0.2, 0.25) is 0 Å². The van der Waals surface area contributed by atoms with Gasteiger partial charge in [-0.25, -0.2) is 0 Å². The second-order valence-corrected chi connectivity index (χ2v) is 13.1. The molecular formula is C41H43N3. The monoisotopic (exact) mass is 577 g/mol. The van der Waals surface area contributed by atoms with E-state index in [0.717, 1.165) is 35.5 Å². The largest absolute Gasteiger partial charge is 0.354 e. The van der Waals surface area contributed by atoms with Crippen LogP contribution in [0, 0.1) is 0 Å². The van der Waals surface area contributed by atoms with Crippen LogP contribution in [0.5, 0.6) is 0 Å². The van der Waals surface area contributed by atoms with Crippen LogP contribution < -0.4 is 10.2 Å². The molecule has 4 aromatic carbocycles. The summed E-state index contributed by atoms with van der Waals surface area (Å²) in [5.41, 5.74) is 12.1. The molecule has 6 rings (SSSR count). The van der Waals surface area contributed by atoms with E-state index < -0.39 is 0 Å². The molecule has 2 aliphatic rings. The van der Waals surface area contributed by atoms with Crippen molar-refractivity contribution in [2.75, 3.05) is 17.3 Å². The number of nitrogens with zero attached hydrogens (tertiary/aromatic N) is 2. The molecule has 1 aliphatic heterocycles. The minimum atomic E-state index is 0.110. The summed E-state index contributed by atoms with van der Waals surface area (Å²) >= 11 is 0. The van der Waals surface area contributed by atoms with Crippen molar-refractivity contribution in [1.29, 1.82) is 0 Å². The average molecular weight is 578 g/mol. The number of hydrogen-bond acceptors (Lipinski definition) is 3. The Labute approximate surface area is 263 Å². The number of aliphatic imine (C=N–C) groups is 1. The molecule has 0 amide bonds. The van der Waals surface area contributed by atoms with E-state index in [-0.39, 0.29) is 17.4 Å². The predicted octanol–water partition coefficient (Wildman–Crippen LogP) is 10.6. The summed E-state index contributed by atoms with van der Waals surface area (Å²) in [6, 6.07) is 30.8. The lowest BCUT2D eigenvalue weighted by molar-refractivity contribution is 0.590. The second kappa shape index (κ2) is 11.8. The van der Waals surface area contributed by atoms with Crippen LogP contribution in [0.25, 0.3) is 10.8 Å². The highest BCUT2D eigenvalue weighted by molar-refractivity contribution is 6.10. The maximum absolute atomic E-state index is 5.28. The highest BCUT2D eigenvalue weighted by Gasteiger charge is 2.41. The molecule has 1 heterocycles. The third-order valence-corrected chi connectivity index (χ3v) is 9.09. The van der Waals surface area contributed by atoms with Gasteiger partial charge in [0, 0.05) is 41.7 Å². The Kier molecular flexibility index (Phi) is 7.90. The Hall–Kier alpha value is -4.63. The van der Waals surface area contributed by atoms with Gasteiger partial charge in [0.05, 0.1) is 23.1 Å². The Balaban J connectivity index is 1.49. The van der Waals surface area contributed by atoms with Crippen LogP contribution in [0.15, 0.2) is 138 Å². The molecule has 1 aliphatic carbocycles. The van der Waals surface area contributed by atoms with Crippen molar-refractivity contribution in [3.05, 3.63) is 150 Å². The van der Waals surface area contributed by atoms with Gasteiger partial charge in [-0.2, -0.15) is 0 Å². The van der Waals surface area contributed by atoms with Gasteiger partial charge in [0.25, 0.3) is 0 Å². The zero-order valence-corrected chi connectivity index (χ0v) is 26.7. The van der Waals surface area contributed by atoms with E-state index in [1.807, 2.05) is 6.08 Å². The Morgan fingerprint density at radius 1 is 0.977 bits per heavy atom. The molecule has 3 nitrogen and oxygen atoms in total. The molecule has 0 fully saturated rings. The van der Waals surface area contributed by atoms with Gasteiger partial charge in [-0.3, -0.25) is 4.99 Å². The zero-order chi connectivity index (χ0) is 31.0. The molecular weight excluding hydrogens is 534 g/mol. The summed E-state index contributed by atoms with van der Waals surface area (Å²) < 4.78 is 0.